The Labute approximate surface area is 98.8 Å². The zero-order valence-corrected chi connectivity index (χ0v) is 8.00. The normalized spacial score (nSPS) is 12.1. The van der Waals surface area contributed by atoms with E-state index in [1.807, 2.05) is 0 Å². The quantitative estimate of drug-likeness (QED) is 0.479. The Morgan fingerprint density at radius 2 is 1.06 bits per heavy atom. The number of hydrogen-bond donors (Lipinski definition) is 0. The van der Waals surface area contributed by atoms with E-state index in [0.717, 1.165) is 0 Å². The summed E-state index contributed by atoms with van der Waals surface area (Å²) in [5.74, 6) is 0. The SMILES string of the molecule is [Li+].[NH-]c1cc(C(F)(F)F)cc(C(F)(F)F)c1. The third-order valence-electron chi connectivity index (χ3n) is 1.59. The van der Waals surface area contributed by atoms with Gasteiger partial charge in [0.2, 0.25) is 0 Å². The number of halogens is 6. The summed E-state index contributed by atoms with van der Waals surface area (Å²) in [4.78, 5) is 0. The first-order valence-corrected chi connectivity index (χ1v) is 3.62. The minimum absolute atomic E-state index is 0. The fraction of sp³-hybridized carbons (Fsp3) is 0.250. The van der Waals surface area contributed by atoms with Gasteiger partial charge in [0, 0.05) is 0 Å². The first kappa shape index (κ1) is 15.2. The van der Waals surface area contributed by atoms with E-state index in [1.165, 1.54) is 0 Å². The van der Waals surface area contributed by atoms with Crippen molar-refractivity contribution in [3.63, 3.8) is 0 Å². The molecule has 84 valence electrons. The summed E-state index contributed by atoms with van der Waals surface area (Å²) in [6.45, 7) is 0. The first-order valence-electron chi connectivity index (χ1n) is 3.62. The summed E-state index contributed by atoms with van der Waals surface area (Å²) >= 11 is 0. The molecule has 0 amide bonds. The Bertz CT molecular complexity index is 338. The minimum Gasteiger partial charge on any atom is -0.699 e. The van der Waals surface area contributed by atoms with Gasteiger partial charge in [-0.1, -0.05) is 12.1 Å². The van der Waals surface area contributed by atoms with Gasteiger partial charge in [-0.3, -0.25) is 0 Å². The second-order valence-electron chi connectivity index (χ2n) is 2.79. The molecular weight excluding hydrogens is 231 g/mol. The molecule has 0 heterocycles. The van der Waals surface area contributed by atoms with Crippen LogP contribution in [0.25, 0.3) is 5.73 Å². The van der Waals surface area contributed by atoms with E-state index < -0.39 is 29.2 Å². The molecule has 0 aliphatic carbocycles. The summed E-state index contributed by atoms with van der Waals surface area (Å²) in [5, 5.41) is 0. The van der Waals surface area contributed by atoms with Gasteiger partial charge in [-0.15, -0.1) is 5.69 Å². The zero-order chi connectivity index (χ0) is 11.9. The molecule has 16 heavy (non-hydrogen) atoms. The van der Waals surface area contributed by atoms with E-state index in [-0.39, 0.29) is 24.9 Å². The van der Waals surface area contributed by atoms with Crippen LogP contribution in [0.4, 0.5) is 32.0 Å². The van der Waals surface area contributed by atoms with Gasteiger partial charge in [0.15, 0.2) is 0 Å². The number of hydrogen-bond acceptors (Lipinski definition) is 0. The summed E-state index contributed by atoms with van der Waals surface area (Å²) in [7, 11) is 0. The molecule has 1 aromatic rings. The van der Waals surface area contributed by atoms with Crippen molar-refractivity contribution in [2.75, 3.05) is 0 Å². The predicted octanol–water partition coefficient (Wildman–Crippen LogP) is 1.41. The van der Waals surface area contributed by atoms with Gasteiger partial charge in [0.25, 0.3) is 0 Å². The van der Waals surface area contributed by atoms with E-state index in [2.05, 4.69) is 0 Å². The van der Waals surface area contributed by atoms with Gasteiger partial charge in [0.05, 0.1) is 11.1 Å². The second kappa shape index (κ2) is 4.60. The summed E-state index contributed by atoms with van der Waals surface area (Å²) < 4.78 is 72.5. The van der Waals surface area contributed by atoms with Crippen LogP contribution in [-0.2, 0) is 12.4 Å². The van der Waals surface area contributed by atoms with Gasteiger partial charge in [-0.05, 0) is 6.07 Å². The number of alkyl halides is 6. The average molecular weight is 235 g/mol. The van der Waals surface area contributed by atoms with Crippen molar-refractivity contribution >= 4 is 5.69 Å². The molecule has 8 heteroatoms. The van der Waals surface area contributed by atoms with Crippen molar-refractivity contribution in [3.8, 4) is 0 Å². The molecule has 0 saturated heterocycles. The fourth-order valence-electron chi connectivity index (χ4n) is 0.955. The Morgan fingerprint density at radius 1 is 0.750 bits per heavy atom. The molecule has 0 bridgehead atoms. The standard InChI is InChI=1S/C8H4F6N.Li/c9-7(10,11)4-1-5(8(12,13)14)3-6(15)2-4;/h1-3,15H;/q-1;+1. The molecule has 0 atom stereocenters. The smallest absolute Gasteiger partial charge is 0.699 e. The maximum atomic E-state index is 12.1. The van der Waals surface area contributed by atoms with Crippen LogP contribution in [0.15, 0.2) is 18.2 Å². The van der Waals surface area contributed by atoms with Crippen molar-refractivity contribution in [2.24, 2.45) is 0 Å². The van der Waals surface area contributed by atoms with Gasteiger partial charge in [0.1, 0.15) is 0 Å². The molecule has 1 rings (SSSR count). The fourth-order valence-corrected chi connectivity index (χ4v) is 0.955. The van der Waals surface area contributed by atoms with Crippen LogP contribution in [0.5, 0.6) is 0 Å². The van der Waals surface area contributed by atoms with Crippen LogP contribution in [0.3, 0.4) is 0 Å². The van der Waals surface area contributed by atoms with Gasteiger partial charge >= 0.3 is 31.2 Å². The molecule has 0 saturated carbocycles. The average Bonchev–Trinajstić information content (AvgIpc) is 1.99. The summed E-state index contributed by atoms with van der Waals surface area (Å²) in [6.07, 6.45) is -9.76. The molecule has 0 spiro atoms. The molecule has 0 unspecified atom stereocenters. The molecule has 0 radical (unpaired) electrons. The molecular formula is C8H4F6LiN. The molecule has 0 aromatic heterocycles. The molecule has 1 aromatic carbocycles. The maximum absolute atomic E-state index is 12.1. The van der Waals surface area contributed by atoms with Crippen LogP contribution in [-0.4, -0.2) is 0 Å². The minimum atomic E-state index is -4.88. The molecule has 0 aliphatic heterocycles. The van der Waals surface area contributed by atoms with Crippen molar-refractivity contribution in [3.05, 3.63) is 35.1 Å². The third kappa shape index (κ3) is 3.65. The summed E-state index contributed by atoms with van der Waals surface area (Å²) in [6, 6.07) is 0.669. The third-order valence-corrected chi connectivity index (χ3v) is 1.59. The van der Waals surface area contributed by atoms with E-state index in [0.29, 0.717) is 12.1 Å². The monoisotopic (exact) mass is 235 g/mol. The van der Waals surface area contributed by atoms with Crippen molar-refractivity contribution in [1.82, 2.24) is 0 Å². The molecule has 1 nitrogen and oxygen atoms in total. The molecule has 1 N–H and O–H groups in total. The predicted molar refractivity (Wildman–Crippen MR) is 40.4 cm³/mol. The molecule has 0 fully saturated rings. The van der Waals surface area contributed by atoms with Crippen LogP contribution >= 0.6 is 0 Å². The zero-order valence-electron chi connectivity index (χ0n) is 8.00. The van der Waals surface area contributed by atoms with Crippen LogP contribution < -0.4 is 18.9 Å². The van der Waals surface area contributed by atoms with Crippen molar-refractivity contribution in [2.45, 2.75) is 12.4 Å². The maximum Gasteiger partial charge on any atom is 1.00 e. The number of rotatable bonds is 0. The van der Waals surface area contributed by atoms with Gasteiger partial charge < -0.3 is 5.73 Å². The van der Waals surface area contributed by atoms with Crippen LogP contribution in [0.2, 0.25) is 0 Å². The van der Waals surface area contributed by atoms with Gasteiger partial charge in [-0.25, -0.2) is 0 Å². The number of benzene rings is 1. The van der Waals surface area contributed by atoms with Crippen molar-refractivity contribution < 1.29 is 45.2 Å². The van der Waals surface area contributed by atoms with Gasteiger partial charge in [-0.2, -0.15) is 26.3 Å². The van der Waals surface area contributed by atoms with Crippen molar-refractivity contribution in [1.29, 1.82) is 0 Å². The Balaban J connectivity index is 0.00000225. The Morgan fingerprint density at radius 3 is 1.31 bits per heavy atom. The molecule has 0 aliphatic rings. The van der Waals surface area contributed by atoms with E-state index in [1.54, 1.807) is 0 Å². The van der Waals surface area contributed by atoms with E-state index >= 15 is 0 Å². The second-order valence-corrected chi connectivity index (χ2v) is 2.79. The first-order chi connectivity index (χ1) is 6.60. The van der Waals surface area contributed by atoms with E-state index in [9.17, 15) is 26.3 Å². The number of nitrogens with one attached hydrogen (secondary N) is 1. The Hall–Kier alpha value is -0.803. The van der Waals surface area contributed by atoms with Crippen LogP contribution in [0.1, 0.15) is 11.1 Å². The topological polar surface area (TPSA) is 23.8 Å². The van der Waals surface area contributed by atoms with Crippen LogP contribution in [0, 0.1) is 0 Å². The van der Waals surface area contributed by atoms with E-state index in [4.69, 9.17) is 5.73 Å². The summed E-state index contributed by atoms with van der Waals surface area (Å²) in [5.41, 5.74) is 3.07. The largest absolute Gasteiger partial charge is 1.00 e. The Kier molecular flexibility index (Phi) is 4.36.